The van der Waals surface area contributed by atoms with Gasteiger partial charge in [-0.25, -0.2) is 4.68 Å². The summed E-state index contributed by atoms with van der Waals surface area (Å²) in [5, 5.41) is 16.7. The first-order valence-electron chi connectivity index (χ1n) is 16.6. The highest BCUT2D eigenvalue weighted by atomic mass is 35.5. The zero-order valence-electron chi connectivity index (χ0n) is 27.4. The number of alkyl halides is 1. The number of nitrogens with zero attached hydrogens (tertiary/aromatic N) is 2. The van der Waals surface area contributed by atoms with Crippen molar-refractivity contribution >= 4 is 41.5 Å². The first-order chi connectivity index (χ1) is 21.8. The lowest BCUT2D eigenvalue weighted by molar-refractivity contribution is -0.207. The monoisotopic (exact) mass is 648 g/mol. The third-order valence-electron chi connectivity index (χ3n) is 11.9. The summed E-state index contributed by atoms with van der Waals surface area (Å²) in [5.74, 6) is -2.16. The van der Waals surface area contributed by atoms with Gasteiger partial charge < -0.3 is 14.6 Å². The fraction of sp³-hybridized carbons (Fsp3) is 0.568. The first-order valence-corrected chi connectivity index (χ1v) is 17.0. The minimum absolute atomic E-state index is 0.0991. The number of aromatic nitrogens is 2. The molecule has 4 aliphatic rings. The van der Waals surface area contributed by atoms with Crippen LogP contribution >= 0.6 is 11.6 Å². The van der Waals surface area contributed by atoms with Gasteiger partial charge >= 0.3 is 11.9 Å². The van der Waals surface area contributed by atoms with Crippen molar-refractivity contribution in [2.75, 3.05) is 6.61 Å². The molecule has 0 radical (unpaired) electrons. The van der Waals surface area contributed by atoms with Crippen molar-refractivity contribution in [3.05, 3.63) is 59.4 Å². The van der Waals surface area contributed by atoms with Crippen LogP contribution in [0.15, 0.2) is 42.6 Å². The number of ketones is 1. The molecule has 0 amide bonds. The zero-order chi connectivity index (χ0) is 33.2. The molecular weight excluding hydrogens is 604 g/mol. The number of hydrogen-bond donors (Lipinski definition) is 1. The van der Waals surface area contributed by atoms with Crippen molar-refractivity contribution in [3.63, 3.8) is 0 Å². The lowest BCUT2D eigenvalue weighted by Gasteiger charge is -2.61. The summed E-state index contributed by atoms with van der Waals surface area (Å²) in [5.41, 5.74) is 2.48. The van der Waals surface area contributed by atoms with Crippen LogP contribution in [-0.2, 0) is 30.3 Å². The number of esters is 2. The quantitative estimate of drug-likeness (QED) is 0.263. The fourth-order valence-electron chi connectivity index (χ4n) is 9.88. The Morgan fingerprint density at radius 3 is 2.63 bits per heavy atom. The number of hydrogen-bond acceptors (Lipinski definition) is 7. The van der Waals surface area contributed by atoms with Gasteiger partial charge in [-0.1, -0.05) is 65.0 Å². The van der Waals surface area contributed by atoms with E-state index in [1.165, 1.54) is 5.57 Å². The van der Waals surface area contributed by atoms with Crippen LogP contribution < -0.4 is 0 Å². The molecule has 246 valence electrons. The van der Waals surface area contributed by atoms with Gasteiger partial charge in [-0.15, -0.1) is 11.6 Å². The van der Waals surface area contributed by atoms with Crippen LogP contribution in [0.4, 0.5) is 0 Å². The Balaban J connectivity index is 1.39. The Morgan fingerprint density at radius 1 is 1.20 bits per heavy atom. The van der Waals surface area contributed by atoms with Crippen LogP contribution in [0, 0.1) is 34.5 Å². The smallest absolute Gasteiger partial charge is 0.306 e. The van der Waals surface area contributed by atoms with E-state index in [0.717, 1.165) is 22.5 Å². The number of halogens is 1. The molecule has 3 saturated carbocycles. The summed E-state index contributed by atoms with van der Waals surface area (Å²) in [6.07, 6.45) is 7.61. The summed E-state index contributed by atoms with van der Waals surface area (Å²) in [7, 11) is 0. The normalized spacial score (nSPS) is 35.9. The molecule has 1 aromatic heterocycles. The van der Waals surface area contributed by atoms with E-state index < -0.39 is 41.4 Å². The number of benzene rings is 1. The molecule has 0 aliphatic heterocycles. The number of carbonyl (C=O) groups is 3. The Bertz CT molecular complexity index is 1610. The second kappa shape index (κ2) is 11.8. The van der Waals surface area contributed by atoms with E-state index in [1.54, 1.807) is 13.8 Å². The van der Waals surface area contributed by atoms with Crippen molar-refractivity contribution in [2.24, 2.45) is 34.5 Å². The Morgan fingerprint density at radius 2 is 1.93 bits per heavy atom. The molecule has 9 heteroatoms. The van der Waals surface area contributed by atoms with E-state index in [0.29, 0.717) is 19.3 Å². The Kier molecular flexibility index (Phi) is 8.37. The van der Waals surface area contributed by atoms with E-state index in [9.17, 15) is 19.5 Å². The molecule has 6 rings (SSSR count). The fourth-order valence-corrected chi connectivity index (χ4v) is 10.4. The first kappa shape index (κ1) is 32.7. The predicted octanol–water partition coefficient (Wildman–Crippen LogP) is 6.35. The predicted molar refractivity (Wildman–Crippen MR) is 176 cm³/mol. The highest BCUT2D eigenvalue weighted by molar-refractivity contribution is 6.21. The minimum Gasteiger partial charge on any atom is -0.457 e. The van der Waals surface area contributed by atoms with Crippen LogP contribution in [0.1, 0.15) is 83.5 Å². The largest absolute Gasteiger partial charge is 0.457 e. The van der Waals surface area contributed by atoms with Crippen molar-refractivity contribution in [1.82, 2.24) is 9.78 Å². The van der Waals surface area contributed by atoms with Gasteiger partial charge in [0.2, 0.25) is 5.78 Å². The molecule has 2 aromatic rings. The maximum atomic E-state index is 14.2. The van der Waals surface area contributed by atoms with Crippen molar-refractivity contribution < 1.29 is 29.0 Å². The molecule has 8 nitrogen and oxygen atoms in total. The summed E-state index contributed by atoms with van der Waals surface area (Å²) in [6, 6.07) is 8.09. The molecule has 9 atom stereocenters. The number of aliphatic hydroxyl groups is 1. The number of rotatable bonds is 8. The van der Waals surface area contributed by atoms with Crippen molar-refractivity contribution in [1.29, 1.82) is 0 Å². The summed E-state index contributed by atoms with van der Waals surface area (Å²) in [4.78, 5) is 39.2. The minimum atomic E-state index is -1.54. The maximum Gasteiger partial charge on any atom is 0.306 e. The second-order valence-electron chi connectivity index (χ2n) is 14.3. The summed E-state index contributed by atoms with van der Waals surface area (Å²) >= 11 is 7.39. The Labute approximate surface area is 276 Å². The van der Waals surface area contributed by atoms with Gasteiger partial charge in [0.05, 0.1) is 23.7 Å². The highest BCUT2D eigenvalue weighted by Crippen LogP contribution is 2.70. The lowest BCUT2D eigenvalue weighted by Crippen LogP contribution is -2.66. The van der Waals surface area contributed by atoms with E-state index >= 15 is 0 Å². The van der Waals surface area contributed by atoms with Gasteiger partial charge in [0, 0.05) is 29.6 Å². The van der Waals surface area contributed by atoms with Crippen molar-refractivity contribution in [2.45, 2.75) is 90.2 Å². The van der Waals surface area contributed by atoms with E-state index in [2.05, 4.69) is 25.6 Å². The molecule has 0 bridgehead atoms. The topological polar surface area (TPSA) is 108 Å². The van der Waals surface area contributed by atoms with Gasteiger partial charge in [-0.05, 0) is 78.2 Å². The molecule has 1 heterocycles. The number of allylic oxidation sites excluding steroid dienone is 1. The lowest BCUT2D eigenvalue weighted by atomic mass is 9.45. The van der Waals surface area contributed by atoms with Gasteiger partial charge in [-0.3, -0.25) is 14.4 Å². The average Bonchev–Trinajstić information content (AvgIpc) is 3.53. The average molecular weight is 649 g/mol. The van der Waals surface area contributed by atoms with Crippen LogP contribution in [-0.4, -0.2) is 56.3 Å². The number of aliphatic hydroxyl groups excluding tert-OH is 1. The Hall–Kier alpha value is -3.23. The number of fused-ring (bicyclic) bond motifs is 6. The van der Waals surface area contributed by atoms with Gasteiger partial charge in [0.1, 0.15) is 0 Å². The SMILES string of the molecule is C=Cc1cccc(-n2ncc3c2C=C2C[C@@H](Cl)[C@@H]4[C@H]([C@@H](O)C[C@@]5(C)[C@H]4C[C@@H](C)C5(OC(=O)CC)C(=O)COC(=O)CC)[C@@]2(C)C3)c1. The van der Waals surface area contributed by atoms with Gasteiger partial charge in [0.15, 0.2) is 12.2 Å². The van der Waals surface area contributed by atoms with E-state index in [-0.39, 0.29) is 53.7 Å². The third kappa shape index (κ3) is 4.73. The molecule has 46 heavy (non-hydrogen) atoms. The molecule has 1 N–H and O–H groups in total. The molecule has 1 aromatic carbocycles. The molecule has 3 fully saturated rings. The molecule has 0 saturated heterocycles. The van der Waals surface area contributed by atoms with Crippen LogP contribution in [0.25, 0.3) is 17.8 Å². The maximum absolute atomic E-state index is 14.2. The zero-order valence-corrected chi connectivity index (χ0v) is 28.2. The standard InChI is InChI=1S/C37H45ClN2O6/c1-7-22-11-10-12-25(14-22)40-28-16-24-15-27(38)33-26-13-21(4)37(46-32(44)9-3,30(42)20-45-31(43)8-2)36(26,6)18-29(41)34(33)35(24,5)17-23(28)19-39-40/h7,10-12,14,16,19,21,26-27,29,33-34,41H,1,8-9,13,15,17-18,20H2,2-6H3/t21-,26+,27-,29+,33-,34+,35+,36+,37?/m1/s1. The van der Waals surface area contributed by atoms with Crippen LogP contribution in [0.5, 0.6) is 0 Å². The van der Waals surface area contributed by atoms with Crippen molar-refractivity contribution in [3.8, 4) is 5.69 Å². The number of ether oxygens (including phenoxy) is 2. The number of Topliss-reactive ketones (excluding diaryl/α,β-unsaturated/α-hetero) is 1. The van der Waals surface area contributed by atoms with E-state index in [4.69, 9.17) is 26.2 Å². The van der Waals surface area contributed by atoms with Gasteiger partial charge in [-0.2, -0.15) is 5.10 Å². The van der Waals surface area contributed by atoms with Gasteiger partial charge in [0.25, 0.3) is 0 Å². The number of carbonyl (C=O) groups excluding carboxylic acids is 3. The molecule has 1 unspecified atom stereocenters. The molecular formula is C37H45ClN2O6. The van der Waals surface area contributed by atoms with E-state index in [1.807, 2.05) is 49.0 Å². The van der Waals surface area contributed by atoms with Crippen LogP contribution in [0.2, 0.25) is 0 Å². The molecule has 4 aliphatic carbocycles. The summed E-state index contributed by atoms with van der Waals surface area (Å²) < 4.78 is 13.5. The highest BCUT2D eigenvalue weighted by Gasteiger charge is 2.74. The molecule has 0 spiro atoms. The second-order valence-corrected chi connectivity index (χ2v) is 14.8. The van der Waals surface area contributed by atoms with Crippen LogP contribution in [0.3, 0.4) is 0 Å². The summed E-state index contributed by atoms with van der Waals surface area (Å²) in [6.45, 7) is 12.9. The third-order valence-corrected chi connectivity index (χ3v) is 12.4.